The molecule has 0 amide bonds. The summed E-state index contributed by atoms with van der Waals surface area (Å²) in [5.41, 5.74) is 2.42. The molecule has 3 rings (SSSR count). The minimum Gasteiger partial charge on any atom is -0.508 e. The lowest BCUT2D eigenvalue weighted by molar-refractivity contribution is 0.476. The van der Waals surface area contributed by atoms with Gasteiger partial charge >= 0.3 is 0 Å². The number of aromatic hydroxyl groups is 1. The molecule has 0 aliphatic carbocycles. The first-order chi connectivity index (χ1) is 8.75. The highest BCUT2D eigenvalue weighted by atomic mass is 16.3. The standard InChI is InChI=1S/C16H15NO/c1-12(13-5-3-2-4-6-13)17-10-9-14-11-15(18)7-8-16(14)17/h2-12,18H,1H3. The third kappa shape index (κ3) is 1.76. The molecule has 0 aliphatic heterocycles. The van der Waals surface area contributed by atoms with Gasteiger partial charge < -0.3 is 9.67 Å². The van der Waals surface area contributed by atoms with E-state index >= 15 is 0 Å². The predicted molar refractivity (Wildman–Crippen MR) is 73.9 cm³/mol. The maximum Gasteiger partial charge on any atom is 0.116 e. The lowest BCUT2D eigenvalue weighted by atomic mass is 10.1. The highest BCUT2D eigenvalue weighted by Crippen LogP contribution is 2.26. The van der Waals surface area contributed by atoms with Crippen molar-refractivity contribution in [2.75, 3.05) is 0 Å². The number of hydrogen-bond acceptors (Lipinski definition) is 1. The molecule has 0 radical (unpaired) electrons. The zero-order chi connectivity index (χ0) is 12.5. The Morgan fingerprint density at radius 3 is 2.56 bits per heavy atom. The summed E-state index contributed by atoms with van der Waals surface area (Å²) in [5.74, 6) is 0.313. The van der Waals surface area contributed by atoms with Crippen molar-refractivity contribution in [1.29, 1.82) is 0 Å². The van der Waals surface area contributed by atoms with E-state index in [1.54, 1.807) is 12.1 Å². The molecule has 1 aromatic heterocycles. The number of aromatic nitrogens is 1. The summed E-state index contributed by atoms with van der Waals surface area (Å²) in [7, 11) is 0. The second-order valence-corrected chi connectivity index (χ2v) is 4.55. The monoisotopic (exact) mass is 237 g/mol. The summed E-state index contributed by atoms with van der Waals surface area (Å²) >= 11 is 0. The van der Waals surface area contributed by atoms with Crippen molar-refractivity contribution in [3.05, 3.63) is 66.4 Å². The van der Waals surface area contributed by atoms with Crippen LogP contribution >= 0.6 is 0 Å². The number of phenolic OH excluding ortho intramolecular Hbond substituents is 1. The Kier molecular flexibility index (Phi) is 2.56. The summed E-state index contributed by atoms with van der Waals surface area (Å²) < 4.78 is 2.23. The van der Waals surface area contributed by atoms with Crippen LogP contribution in [0.1, 0.15) is 18.5 Å². The maximum absolute atomic E-state index is 9.49. The summed E-state index contributed by atoms with van der Waals surface area (Å²) in [6.45, 7) is 2.18. The SMILES string of the molecule is CC(c1ccccc1)n1ccc2cc(O)ccc21. The molecule has 1 unspecified atom stereocenters. The fraction of sp³-hybridized carbons (Fsp3) is 0.125. The van der Waals surface area contributed by atoms with Gasteiger partial charge in [-0.15, -0.1) is 0 Å². The number of rotatable bonds is 2. The Balaban J connectivity index is 2.10. The van der Waals surface area contributed by atoms with Crippen LogP contribution in [0.15, 0.2) is 60.8 Å². The van der Waals surface area contributed by atoms with Gasteiger partial charge in [0.25, 0.3) is 0 Å². The van der Waals surface area contributed by atoms with Gasteiger partial charge in [0.2, 0.25) is 0 Å². The third-order valence-corrected chi connectivity index (χ3v) is 3.40. The van der Waals surface area contributed by atoms with Crippen molar-refractivity contribution in [1.82, 2.24) is 4.57 Å². The molecule has 2 nitrogen and oxygen atoms in total. The lowest BCUT2D eigenvalue weighted by Gasteiger charge is -2.15. The van der Waals surface area contributed by atoms with Crippen LogP contribution < -0.4 is 0 Å². The number of fused-ring (bicyclic) bond motifs is 1. The molecular weight excluding hydrogens is 222 g/mol. The molecule has 1 atom stereocenters. The van der Waals surface area contributed by atoms with Crippen LogP contribution in [0.2, 0.25) is 0 Å². The minimum absolute atomic E-state index is 0.285. The van der Waals surface area contributed by atoms with Gasteiger partial charge in [0, 0.05) is 17.1 Å². The lowest BCUT2D eigenvalue weighted by Crippen LogP contribution is -2.04. The highest BCUT2D eigenvalue weighted by Gasteiger charge is 2.10. The topological polar surface area (TPSA) is 25.2 Å². The first-order valence-corrected chi connectivity index (χ1v) is 6.10. The second kappa shape index (κ2) is 4.22. The molecular formula is C16H15NO. The molecule has 2 aromatic carbocycles. The highest BCUT2D eigenvalue weighted by molar-refractivity contribution is 5.81. The number of benzene rings is 2. The van der Waals surface area contributed by atoms with E-state index in [4.69, 9.17) is 0 Å². The van der Waals surface area contributed by atoms with Crippen molar-refractivity contribution in [3.8, 4) is 5.75 Å². The summed E-state index contributed by atoms with van der Waals surface area (Å²) in [6, 6.07) is 18.2. The first-order valence-electron chi connectivity index (χ1n) is 6.10. The van der Waals surface area contributed by atoms with Crippen molar-refractivity contribution in [3.63, 3.8) is 0 Å². The zero-order valence-electron chi connectivity index (χ0n) is 10.2. The van der Waals surface area contributed by atoms with Crippen LogP contribution in [0.4, 0.5) is 0 Å². The normalized spacial score (nSPS) is 12.7. The van der Waals surface area contributed by atoms with Gasteiger partial charge in [0.1, 0.15) is 5.75 Å². The Labute approximate surface area is 106 Å². The van der Waals surface area contributed by atoms with E-state index in [0.29, 0.717) is 5.75 Å². The molecule has 3 aromatic rings. The summed E-state index contributed by atoms with van der Waals surface area (Å²) in [5, 5.41) is 10.6. The Hall–Kier alpha value is -2.22. The molecule has 0 saturated carbocycles. The van der Waals surface area contributed by atoms with Gasteiger partial charge in [-0.25, -0.2) is 0 Å². The van der Waals surface area contributed by atoms with E-state index in [1.165, 1.54) is 5.56 Å². The second-order valence-electron chi connectivity index (χ2n) is 4.55. The van der Waals surface area contributed by atoms with E-state index in [-0.39, 0.29) is 6.04 Å². The molecule has 18 heavy (non-hydrogen) atoms. The maximum atomic E-state index is 9.49. The molecule has 0 fully saturated rings. The molecule has 1 heterocycles. The van der Waals surface area contributed by atoms with Crippen LogP contribution in [0, 0.1) is 0 Å². The Morgan fingerprint density at radius 2 is 1.78 bits per heavy atom. The van der Waals surface area contributed by atoms with Crippen LogP contribution in [0.25, 0.3) is 10.9 Å². The molecule has 90 valence electrons. The van der Waals surface area contributed by atoms with E-state index in [9.17, 15) is 5.11 Å². The Morgan fingerprint density at radius 1 is 1.00 bits per heavy atom. The molecule has 0 spiro atoms. The molecule has 2 heteroatoms. The molecule has 0 saturated heterocycles. The zero-order valence-corrected chi connectivity index (χ0v) is 10.2. The van der Waals surface area contributed by atoms with Crippen LogP contribution in [-0.4, -0.2) is 9.67 Å². The van der Waals surface area contributed by atoms with Gasteiger partial charge in [-0.2, -0.15) is 0 Å². The fourth-order valence-electron chi connectivity index (χ4n) is 2.38. The summed E-state index contributed by atoms with van der Waals surface area (Å²) in [4.78, 5) is 0. The van der Waals surface area contributed by atoms with Crippen molar-refractivity contribution < 1.29 is 5.11 Å². The van der Waals surface area contributed by atoms with E-state index in [0.717, 1.165) is 10.9 Å². The van der Waals surface area contributed by atoms with Crippen LogP contribution in [0.3, 0.4) is 0 Å². The van der Waals surface area contributed by atoms with Crippen LogP contribution in [0.5, 0.6) is 5.75 Å². The van der Waals surface area contributed by atoms with Gasteiger partial charge in [-0.3, -0.25) is 0 Å². The average molecular weight is 237 g/mol. The number of phenols is 1. The fourth-order valence-corrected chi connectivity index (χ4v) is 2.38. The molecule has 0 bridgehead atoms. The Bertz CT molecular complexity index is 670. The number of nitrogens with zero attached hydrogens (tertiary/aromatic N) is 1. The quantitative estimate of drug-likeness (QED) is 0.717. The third-order valence-electron chi connectivity index (χ3n) is 3.40. The van der Waals surface area contributed by atoms with Gasteiger partial charge in [0.15, 0.2) is 0 Å². The smallest absolute Gasteiger partial charge is 0.116 e. The van der Waals surface area contributed by atoms with E-state index in [2.05, 4.69) is 42.0 Å². The van der Waals surface area contributed by atoms with Gasteiger partial charge in [-0.1, -0.05) is 30.3 Å². The van der Waals surface area contributed by atoms with Gasteiger partial charge in [0.05, 0.1) is 6.04 Å². The average Bonchev–Trinajstić information content (AvgIpc) is 2.81. The first kappa shape index (κ1) is 10.9. The predicted octanol–water partition coefficient (Wildman–Crippen LogP) is 3.96. The van der Waals surface area contributed by atoms with E-state index < -0.39 is 0 Å². The van der Waals surface area contributed by atoms with E-state index in [1.807, 2.05) is 18.2 Å². The minimum atomic E-state index is 0.285. The summed E-state index contributed by atoms with van der Waals surface area (Å²) in [6.07, 6.45) is 2.07. The van der Waals surface area contributed by atoms with Crippen molar-refractivity contribution in [2.24, 2.45) is 0 Å². The number of hydrogen-bond donors (Lipinski definition) is 1. The van der Waals surface area contributed by atoms with Gasteiger partial charge in [-0.05, 0) is 36.8 Å². The molecule has 1 N–H and O–H groups in total. The van der Waals surface area contributed by atoms with Crippen molar-refractivity contribution >= 4 is 10.9 Å². The van der Waals surface area contributed by atoms with Crippen LogP contribution in [-0.2, 0) is 0 Å². The largest absolute Gasteiger partial charge is 0.508 e. The molecule has 0 aliphatic rings. The van der Waals surface area contributed by atoms with Crippen molar-refractivity contribution in [2.45, 2.75) is 13.0 Å².